The molecule has 0 atom stereocenters. The molecular formula is C29H34ClNO4. The van der Waals surface area contributed by atoms with Gasteiger partial charge < -0.3 is 14.4 Å². The van der Waals surface area contributed by atoms with Crippen molar-refractivity contribution in [3.05, 3.63) is 51.3 Å². The van der Waals surface area contributed by atoms with Crippen molar-refractivity contribution in [1.29, 1.82) is 0 Å². The molecular weight excluding hydrogens is 462 g/mol. The number of ether oxygens (including phenoxy) is 2. The van der Waals surface area contributed by atoms with E-state index in [4.69, 9.17) is 27.5 Å². The lowest BCUT2D eigenvalue weighted by Crippen LogP contribution is -2.45. The molecule has 1 heterocycles. The molecule has 0 unspecified atom stereocenters. The number of benzene rings is 1. The minimum absolute atomic E-state index is 0.0941. The van der Waals surface area contributed by atoms with E-state index in [2.05, 4.69) is 38.5 Å². The number of Topliss-reactive ketones (excluding diaryl/α,β-unsaturated/α-hetero) is 2. The van der Waals surface area contributed by atoms with Crippen molar-refractivity contribution in [3.63, 3.8) is 0 Å². The summed E-state index contributed by atoms with van der Waals surface area (Å²) >= 11 is 6.57. The van der Waals surface area contributed by atoms with Crippen molar-refractivity contribution in [1.82, 2.24) is 4.90 Å². The molecule has 1 aliphatic heterocycles. The Hall–Kier alpha value is -2.55. The second-order valence-electron chi connectivity index (χ2n) is 11.4. The van der Waals surface area contributed by atoms with Gasteiger partial charge in [-0.25, -0.2) is 0 Å². The molecule has 2 aliphatic carbocycles. The Morgan fingerprint density at radius 2 is 1.60 bits per heavy atom. The Morgan fingerprint density at radius 3 is 2.09 bits per heavy atom. The minimum Gasteiger partial charge on any atom is -0.479 e. The van der Waals surface area contributed by atoms with Crippen LogP contribution in [0.5, 0.6) is 5.75 Å². The summed E-state index contributed by atoms with van der Waals surface area (Å²) in [7, 11) is 1.68. The SMILES string of the molecule is C#CCOc1ccc(C2C3=C(CC(C)(C)CC3=O)N(CCOC)C3=C2C(=O)CC(C)(C)C3)cc1Cl. The van der Waals surface area contributed by atoms with Gasteiger partial charge in [0.25, 0.3) is 0 Å². The number of ketones is 2. The predicted octanol–water partition coefficient (Wildman–Crippen LogP) is 5.68. The number of carbonyl (C=O) groups excluding carboxylic acids is 2. The fourth-order valence-electron chi connectivity index (χ4n) is 5.77. The standard InChI is InChI=1S/C29H34ClNO4/c1-7-11-35-24-9-8-18(13-19(24)30)25-26-20(14-28(2,3)16-22(26)32)31(10-12-34-6)21-15-29(4,5)17-23(33)27(21)25/h1,8-9,13,25H,10-12,14-17H2,2-6H3. The highest BCUT2D eigenvalue weighted by Gasteiger charge is 2.48. The zero-order chi connectivity index (χ0) is 25.5. The van der Waals surface area contributed by atoms with Gasteiger partial charge in [0.2, 0.25) is 0 Å². The topological polar surface area (TPSA) is 55.8 Å². The van der Waals surface area contributed by atoms with Crippen LogP contribution in [0.4, 0.5) is 0 Å². The third-order valence-electron chi connectivity index (χ3n) is 7.14. The molecule has 0 fully saturated rings. The molecule has 0 bridgehead atoms. The van der Waals surface area contributed by atoms with Crippen LogP contribution in [0.15, 0.2) is 40.7 Å². The average molecular weight is 496 g/mol. The van der Waals surface area contributed by atoms with Gasteiger partial charge >= 0.3 is 0 Å². The first-order valence-electron chi connectivity index (χ1n) is 12.1. The van der Waals surface area contributed by atoms with E-state index in [0.29, 0.717) is 36.8 Å². The van der Waals surface area contributed by atoms with Crippen molar-refractivity contribution in [2.24, 2.45) is 10.8 Å². The molecule has 1 aromatic carbocycles. The maximum Gasteiger partial charge on any atom is 0.162 e. The van der Waals surface area contributed by atoms with Gasteiger partial charge in [-0.05, 0) is 41.4 Å². The molecule has 0 saturated heterocycles. The number of nitrogens with zero attached hydrogens (tertiary/aromatic N) is 1. The van der Waals surface area contributed by atoms with Crippen LogP contribution in [0.1, 0.15) is 64.9 Å². The van der Waals surface area contributed by atoms with Crippen LogP contribution in [-0.4, -0.2) is 43.3 Å². The van der Waals surface area contributed by atoms with E-state index < -0.39 is 5.92 Å². The van der Waals surface area contributed by atoms with Crippen LogP contribution in [0, 0.1) is 23.2 Å². The molecule has 0 spiro atoms. The van der Waals surface area contributed by atoms with Crippen molar-refractivity contribution in [2.45, 2.75) is 59.3 Å². The van der Waals surface area contributed by atoms with Gasteiger partial charge in [-0.2, -0.15) is 0 Å². The summed E-state index contributed by atoms with van der Waals surface area (Å²) in [6.07, 6.45) is 7.73. The van der Waals surface area contributed by atoms with E-state index in [1.165, 1.54) is 0 Å². The zero-order valence-electron chi connectivity index (χ0n) is 21.3. The van der Waals surface area contributed by atoms with Crippen LogP contribution >= 0.6 is 11.6 Å². The summed E-state index contributed by atoms with van der Waals surface area (Å²) in [5.41, 5.74) is 3.98. The highest BCUT2D eigenvalue weighted by molar-refractivity contribution is 6.32. The largest absolute Gasteiger partial charge is 0.479 e. The summed E-state index contributed by atoms with van der Waals surface area (Å²) in [6.45, 7) is 9.75. The van der Waals surface area contributed by atoms with Gasteiger partial charge in [-0.1, -0.05) is 51.3 Å². The summed E-state index contributed by atoms with van der Waals surface area (Å²) in [5, 5.41) is 0.413. The molecule has 0 amide bonds. The highest BCUT2D eigenvalue weighted by atomic mass is 35.5. The smallest absolute Gasteiger partial charge is 0.162 e. The van der Waals surface area contributed by atoms with E-state index in [9.17, 15) is 9.59 Å². The number of rotatable bonds is 6. The summed E-state index contributed by atoms with van der Waals surface area (Å²) in [6, 6.07) is 5.50. The fraction of sp³-hybridized carbons (Fsp3) is 0.517. The van der Waals surface area contributed by atoms with Crippen LogP contribution in [-0.2, 0) is 14.3 Å². The first-order valence-corrected chi connectivity index (χ1v) is 12.5. The second-order valence-corrected chi connectivity index (χ2v) is 11.8. The maximum atomic E-state index is 13.7. The number of terminal acetylenes is 1. The lowest BCUT2D eigenvalue weighted by atomic mass is 9.63. The molecule has 35 heavy (non-hydrogen) atoms. The number of halogens is 1. The molecule has 4 rings (SSSR count). The number of methoxy groups -OCH3 is 1. The average Bonchev–Trinajstić information content (AvgIpc) is 2.75. The van der Waals surface area contributed by atoms with E-state index in [-0.39, 0.29) is 29.0 Å². The molecule has 1 aromatic rings. The van der Waals surface area contributed by atoms with Gasteiger partial charge in [-0.3, -0.25) is 9.59 Å². The van der Waals surface area contributed by atoms with Gasteiger partial charge in [0.05, 0.1) is 11.6 Å². The number of hydrogen-bond donors (Lipinski definition) is 0. The number of allylic oxidation sites excluding steroid dienone is 4. The van der Waals surface area contributed by atoms with Gasteiger partial charge in [0.15, 0.2) is 11.6 Å². The Bertz CT molecular complexity index is 1110. The zero-order valence-corrected chi connectivity index (χ0v) is 22.1. The molecule has 0 N–H and O–H groups in total. The first-order chi connectivity index (χ1) is 16.5. The fourth-order valence-corrected chi connectivity index (χ4v) is 6.01. The van der Waals surface area contributed by atoms with Gasteiger partial charge in [0, 0.05) is 55.0 Å². The predicted molar refractivity (Wildman–Crippen MR) is 137 cm³/mol. The number of carbonyl (C=O) groups is 2. The van der Waals surface area contributed by atoms with Crippen LogP contribution in [0.3, 0.4) is 0 Å². The summed E-state index contributed by atoms with van der Waals surface area (Å²) in [5.74, 6) is 2.68. The lowest BCUT2D eigenvalue weighted by Gasteiger charge is -2.49. The first kappa shape index (κ1) is 25.5. The maximum absolute atomic E-state index is 13.7. The van der Waals surface area contributed by atoms with Crippen molar-refractivity contribution < 1.29 is 19.1 Å². The molecule has 0 aromatic heterocycles. The number of hydrogen-bond acceptors (Lipinski definition) is 5. The van der Waals surface area contributed by atoms with E-state index in [1.807, 2.05) is 12.1 Å². The van der Waals surface area contributed by atoms with Crippen molar-refractivity contribution in [2.75, 3.05) is 26.9 Å². The van der Waals surface area contributed by atoms with E-state index in [0.717, 1.165) is 40.9 Å². The quantitative estimate of drug-likeness (QED) is 0.475. The van der Waals surface area contributed by atoms with Gasteiger partial charge in [0.1, 0.15) is 12.4 Å². The molecule has 186 valence electrons. The third-order valence-corrected chi connectivity index (χ3v) is 7.44. The highest BCUT2D eigenvalue weighted by Crippen LogP contribution is 2.54. The van der Waals surface area contributed by atoms with E-state index >= 15 is 0 Å². The van der Waals surface area contributed by atoms with Crippen LogP contribution < -0.4 is 4.74 Å². The van der Waals surface area contributed by atoms with E-state index in [1.54, 1.807) is 13.2 Å². The van der Waals surface area contributed by atoms with Crippen molar-refractivity contribution in [3.8, 4) is 18.1 Å². The third kappa shape index (κ3) is 4.92. The van der Waals surface area contributed by atoms with Crippen LogP contribution in [0.2, 0.25) is 5.02 Å². The monoisotopic (exact) mass is 495 g/mol. The minimum atomic E-state index is -0.440. The Labute approximate surface area is 213 Å². The van der Waals surface area contributed by atoms with Gasteiger partial charge in [-0.15, -0.1) is 6.42 Å². The molecule has 6 heteroatoms. The van der Waals surface area contributed by atoms with Crippen LogP contribution in [0.25, 0.3) is 0 Å². The normalized spacial score (nSPS) is 21.6. The van der Waals surface area contributed by atoms with Crippen molar-refractivity contribution >= 4 is 23.2 Å². The second kappa shape index (κ2) is 9.48. The summed E-state index contributed by atoms with van der Waals surface area (Å²) < 4.78 is 11.0. The molecule has 5 nitrogen and oxygen atoms in total. The lowest BCUT2D eigenvalue weighted by molar-refractivity contribution is -0.119. The molecule has 0 saturated carbocycles. The Kier molecular flexibility index (Phi) is 6.92. The molecule has 0 radical (unpaired) electrons. The Balaban J connectivity index is 1.93. The Morgan fingerprint density at radius 1 is 1.03 bits per heavy atom. The summed E-state index contributed by atoms with van der Waals surface area (Å²) in [4.78, 5) is 29.7. The molecule has 3 aliphatic rings.